The van der Waals surface area contributed by atoms with Crippen LogP contribution < -0.4 is 5.32 Å². The molecule has 0 unspecified atom stereocenters. The average Bonchev–Trinajstić information content (AvgIpc) is 2.90. The molecule has 0 aromatic heterocycles. The van der Waals surface area contributed by atoms with E-state index in [1.54, 1.807) is 4.90 Å². The van der Waals surface area contributed by atoms with Crippen LogP contribution in [0.5, 0.6) is 0 Å². The molecule has 0 radical (unpaired) electrons. The van der Waals surface area contributed by atoms with Crippen LogP contribution in [0.4, 0.5) is 0 Å². The third-order valence-corrected chi connectivity index (χ3v) is 7.51. The Morgan fingerprint density at radius 1 is 0.868 bits per heavy atom. The van der Waals surface area contributed by atoms with Crippen molar-refractivity contribution in [2.45, 2.75) is 84.3 Å². The summed E-state index contributed by atoms with van der Waals surface area (Å²) in [6.07, 6.45) is 2.26. The molecule has 5 heteroatoms. The first-order valence-electron chi connectivity index (χ1n) is 13.5. The monoisotopic (exact) mass is 576 g/mol. The normalized spacial score (nSPS) is 13.0. The van der Waals surface area contributed by atoms with Crippen LogP contribution in [0.2, 0.25) is 0 Å². The van der Waals surface area contributed by atoms with Gasteiger partial charge in [0.15, 0.2) is 0 Å². The summed E-state index contributed by atoms with van der Waals surface area (Å²) in [6, 6.07) is 25.9. The summed E-state index contributed by atoms with van der Waals surface area (Å²) >= 11 is 3.50. The zero-order chi connectivity index (χ0) is 27.7. The predicted molar refractivity (Wildman–Crippen MR) is 160 cm³/mol. The number of benzene rings is 3. The maximum atomic E-state index is 13.8. The van der Waals surface area contributed by atoms with E-state index in [-0.39, 0.29) is 23.3 Å². The third kappa shape index (κ3) is 8.83. The number of carbonyl (C=O) groups is 2. The number of halogens is 1. The van der Waals surface area contributed by atoms with Crippen molar-refractivity contribution in [3.05, 3.63) is 106 Å². The summed E-state index contributed by atoms with van der Waals surface area (Å²) in [5.41, 5.74) is 4.50. The molecule has 3 aromatic rings. The van der Waals surface area contributed by atoms with Gasteiger partial charge in [-0.2, -0.15) is 0 Å². The average molecular weight is 578 g/mol. The number of hydrogen-bond acceptors (Lipinski definition) is 2. The van der Waals surface area contributed by atoms with Crippen molar-refractivity contribution in [2.75, 3.05) is 0 Å². The smallest absolute Gasteiger partial charge is 0.243 e. The molecule has 0 aliphatic heterocycles. The molecule has 0 aliphatic carbocycles. The molecular weight excluding hydrogens is 536 g/mol. The standard InChI is InChI=1S/C33H41BrN2O2/c1-6-24(2)35-32(38)30(22-26-10-8-7-9-11-26)36(23-27-14-19-29(34)20-15-27)31(37)21-16-25-12-17-28(18-13-25)33(3,4)5/h7-15,17-20,24,30H,6,16,21-23H2,1-5H3,(H,35,38)/t24-,30+/m0/s1. The summed E-state index contributed by atoms with van der Waals surface area (Å²) in [5.74, 6) is -0.128. The molecule has 0 saturated heterocycles. The summed E-state index contributed by atoms with van der Waals surface area (Å²) in [4.78, 5) is 29.2. The number of aryl methyl sites for hydroxylation is 1. The van der Waals surface area contributed by atoms with Gasteiger partial charge in [0.1, 0.15) is 6.04 Å². The van der Waals surface area contributed by atoms with E-state index in [1.807, 2.05) is 68.4 Å². The topological polar surface area (TPSA) is 49.4 Å². The van der Waals surface area contributed by atoms with Crippen LogP contribution in [0.25, 0.3) is 0 Å². The van der Waals surface area contributed by atoms with Gasteiger partial charge in [-0.25, -0.2) is 0 Å². The second-order valence-corrected chi connectivity index (χ2v) is 12.0. The Morgan fingerprint density at radius 3 is 2.05 bits per heavy atom. The van der Waals surface area contributed by atoms with Crippen LogP contribution in [0.1, 0.15) is 69.7 Å². The Bertz CT molecular complexity index is 1170. The lowest BCUT2D eigenvalue weighted by Gasteiger charge is -2.32. The van der Waals surface area contributed by atoms with E-state index in [4.69, 9.17) is 0 Å². The highest BCUT2D eigenvalue weighted by Gasteiger charge is 2.30. The maximum Gasteiger partial charge on any atom is 0.243 e. The van der Waals surface area contributed by atoms with Gasteiger partial charge in [0.05, 0.1) is 0 Å². The second-order valence-electron chi connectivity index (χ2n) is 11.1. The van der Waals surface area contributed by atoms with Crippen molar-refractivity contribution in [1.29, 1.82) is 0 Å². The molecule has 0 saturated carbocycles. The molecule has 1 N–H and O–H groups in total. The first-order valence-corrected chi connectivity index (χ1v) is 14.3. The van der Waals surface area contributed by atoms with Crippen LogP contribution >= 0.6 is 15.9 Å². The quantitative estimate of drug-likeness (QED) is 0.261. The highest BCUT2D eigenvalue weighted by Crippen LogP contribution is 2.23. The zero-order valence-electron chi connectivity index (χ0n) is 23.3. The summed E-state index contributed by atoms with van der Waals surface area (Å²) in [6.45, 7) is 11.0. The van der Waals surface area contributed by atoms with E-state index in [0.29, 0.717) is 25.8 Å². The molecule has 4 nitrogen and oxygen atoms in total. The van der Waals surface area contributed by atoms with E-state index in [1.165, 1.54) is 5.56 Å². The number of nitrogens with zero attached hydrogens (tertiary/aromatic N) is 1. The van der Waals surface area contributed by atoms with Crippen molar-refractivity contribution >= 4 is 27.7 Å². The Kier molecular flexibility index (Phi) is 10.7. The molecule has 0 heterocycles. The number of carbonyl (C=O) groups excluding carboxylic acids is 2. The Hall–Kier alpha value is -2.92. The Morgan fingerprint density at radius 2 is 1.47 bits per heavy atom. The van der Waals surface area contributed by atoms with Gasteiger partial charge in [0.25, 0.3) is 0 Å². The van der Waals surface area contributed by atoms with Crippen molar-refractivity contribution in [3.8, 4) is 0 Å². The SMILES string of the molecule is CC[C@H](C)NC(=O)[C@@H](Cc1ccccc1)N(Cc1ccc(Br)cc1)C(=O)CCc1ccc(C(C)(C)C)cc1. The zero-order valence-corrected chi connectivity index (χ0v) is 24.9. The summed E-state index contributed by atoms with van der Waals surface area (Å²) < 4.78 is 0.980. The van der Waals surface area contributed by atoms with Gasteiger partial charge < -0.3 is 10.2 Å². The maximum absolute atomic E-state index is 13.8. The van der Waals surface area contributed by atoms with Gasteiger partial charge >= 0.3 is 0 Å². The Labute approximate surface area is 237 Å². The van der Waals surface area contributed by atoms with E-state index >= 15 is 0 Å². The summed E-state index contributed by atoms with van der Waals surface area (Å²) in [7, 11) is 0. The minimum absolute atomic E-state index is 0.0203. The van der Waals surface area contributed by atoms with Gasteiger partial charge in [-0.05, 0) is 59.6 Å². The summed E-state index contributed by atoms with van der Waals surface area (Å²) in [5, 5.41) is 3.13. The van der Waals surface area contributed by atoms with Gasteiger partial charge in [0, 0.05) is 29.9 Å². The van der Waals surface area contributed by atoms with Crippen LogP contribution in [-0.4, -0.2) is 28.8 Å². The Balaban J connectivity index is 1.88. The molecule has 0 fully saturated rings. The van der Waals surface area contributed by atoms with Crippen LogP contribution in [0, 0.1) is 0 Å². The van der Waals surface area contributed by atoms with E-state index < -0.39 is 6.04 Å². The molecule has 2 amide bonds. The molecule has 38 heavy (non-hydrogen) atoms. The highest BCUT2D eigenvalue weighted by molar-refractivity contribution is 9.10. The minimum atomic E-state index is -0.606. The highest BCUT2D eigenvalue weighted by atomic mass is 79.9. The van der Waals surface area contributed by atoms with Crippen LogP contribution in [-0.2, 0) is 34.4 Å². The van der Waals surface area contributed by atoms with Crippen molar-refractivity contribution < 1.29 is 9.59 Å². The fourth-order valence-electron chi connectivity index (χ4n) is 4.35. The minimum Gasteiger partial charge on any atom is -0.352 e. The molecule has 2 atom stereocenters. The van der Waals surface area contributed by atoms with Crippen molar-refractivity contribution in [1.82, 2.24) is 10.2 Å². The molecular formula is C33H41BrN2O2. The molecule has 3 rings (SSSR count). The van der Waals surface area contributed by atoms with Crippen molar-refractivity contribution in [3.63, 3.8) is 0 Å². The molecule has 0 bridgehead atoms. The number of rotatable bonds is 11. The lowest BCUT2D eigenvalue weighted by Crippen LogP contribution is -2.52. The van der Waals surface area contributed by atoms with Gasteiger partial charge in [-0.15, -0.1) is 0 Å². The molecule has 202 valence electrons. The second kappa shape index (κ2) is 13.7. The lowest BCUT2D eigenvalue weighted by molar-refractivity contribution is -0.141. The van der Waals surface area contributed by atoms with Crippen LogP contribution in [0.3, 0.4) is 0 Å². The van der Waals surface area contributed by atoms with Crippen molar-refractivity contribution in [2.24, 2.45) is 0 Å². The van der Waals surface area contributed by atoms with Crippen LogP contribution in [0.15, 0.2) is 83.3 Å². The lowest BCUT2D eigenvalue weighted by atomic mass is 9.86. The van der Waals surface area contributed by atoms with Gasteiger partial charge in [-0.3, -0.25) is 9.59 Å². The first-order chi connectivity index (χ1) is 18.1. The van der Waals surface area contributed by atoms with Gasteiger partial charge in [0.2, 0.25) is 11.8 Å². The fraction of sp³-hybridized carbons (Fsp3) is 0.394. The van der Waals surface area contributed by atoms with E-state index in [0.717, 1.165) is 27.6 Å². The van der Waals surface area contributed by atoms with Gasteiger partial charge in [-0.1, -0.05) is 110 Å². The number of nitrogens with one attached hydrogen (secondary N) is 1. The van der Waals surface area contributed by atoms with E-state index in [9.17, 15) is 9.59 Å². The molecule has 0 aliphatic rings. The first kappa shape index (κ1) is 29.6. The largest absolute Gasteiger partial charge is 0.352 e. The fourth-order valence-corrected chi connectivity index (χ4v) is 4.61. The number of hydrogen-bond donors (Lipinski definition) is 1. The van der Waals surface area contributed by atoms with E-state index in [2.05, 4.69) is 66.3 Å². The molecule has 0 spiro atoms. The molecule has 3 aromatic carbocycles. The number of amides is 2. The predicted octanol–water partition coefficient (Wildman–Crippen LogP) is 7.23. The third-order valence-electron chi connectivity index (χ3n) is 6.99.